The van der Waals surface area contributed by atoms with Crippen molar-refractivity contribution in [2.45, 2.75) is 113 Å². The molecule has 0 fully saturated rings. The first-order chi connectivity index (χ1) is 28.9. The first-order valence-corrected chi connectivity index (χ1v) is 21.2. The predicted octanol–water partition coefficient (Wildman–Crippen LogP) is 6.57. The van der Waals surface area contributed by atoms with Gasteiger partial charge in [0.25, 0.3) is 17.6 Å². The number of allylic oxidation sites excluding steroid dienone is 2. The molecule has 15 heteroatoms. The minimum Gasteiger partial charge on any atom is -0.507 e. The van der Waals surface area contributed by atoms with E-state index in [1.807, 2.05) is 27.7 Å². The van der Waals surface area contributed by atoms with Crippen LogP contribution >= 0.6 is 0 Å². The second kappa shape index (κ2) is 20.4. The van der Waals surface area contributed by atoms with Gasteiger partial charge in [-0.1, -0.05) is 73.6 Å². The molecule has 0 radical (unpaired) electrons. The molecule has 3 aliphatic heterocycles. The molecule has 62 heavy (non-hydrogen) atoms. The largest absolute Gasteiger partial charge is 0.507 e. The highest BCUT2D eigenvalue weighted by molar-refractivity contribution is 6.21. The number of methoxy groups -OCH3 is 1. The number of ether oxygens (including phenoxy) is 5. The van der Waals surface area contributed by atoms with Gasteiger partial charge in [0.05, 0.1) is 41.2 Å². The molecule has 2 amide bonds. The van der Waals surface area contributed by atoms with Gasteiger partial charge >= 0.3 is 11.8 Å². The van der Waals surface area contributed by atoms with Gasteiger partial charge in [-0.2, -0.15) is 0 Å². The number of rotatable bonds is 9. The number of hydrogen-bond acceptors (Lipinski definition) is 13. The summed E-state index contributed by atoms with van der Waals surface area (Å²) >= 11 is 0. The van der Waals surface area contributed by atoms with Crippen LogP contribution in [0.5, 0.6) is 23.0 Å². The average molecular weight is 867 g/mol. The Labute approximate surface area is 364 Å². The van der Waals surface area contributed by atoms with Crippen molar-refractivity contribution in [3.63, 3.8) is 0 Å². The zero-order chi connectivity index (χ0) is 46.5. The Morgan fingerprint density at radius 2 is 1.55 bits per heavy atom. The molecule has 342 valence electrons. The highest BCUT2D eigenvalue weighted by Gasteiger charge is 2.50. The summed E-state index contributed by atoms with van der Waals surface area (Å²) in [5.41, 5.74) is 0.000788. The molecule has 0 saturated carbocycles. The van der Waals surface area contributed by atoms with Crippen LogP contribution in [0.3, 0.4) is 0 Å². The van der Waals surface area contributed by atoms with E-state index in [1.165, 1.54) is 59.3 Å². The van der Waals surface area contributed by atoms with E-state index >= 15 is 0 Å². The number of aliphatic hydroxyl groups excluding tert-OH is 2. The minimum atomic E-state index is -2.03. The van der Waals surface area contributed by atoms with E-state index < -0.39 is 89.6 Å². The number of phenols is 2. The first kappa shape index (κ1) is 49.5. The van der Waals surface area contributed by atoms with E-state index in [9.17, 15) is 39.6 Å². The Morgan fingerprint density at radius 3 is 2.13 bits per heavy atom. The number of Topliss-reactive ketones (excluding diaryl/α,β-unsaturated/α-hetero) is 1. The van der Waals surface area contributed by atoms with Crippen LogP contribution in [0.25, 0.3) is 10.8 Å². The quantitative estimate of drug-likeness (QED) is 0.134. The lowest BCUT2D eigenvalue weighted by Crippen LogP contribution is -2.46. The van der Waals surface area contributed by atoms with Gasteiger partial charge in [-0.3, -0.25) is 19.2 Å². The Hall–Kier alpha value is -5.12. The number of carbonyl (C=O) groups is 4. The number of phenolic OH excluding ortho intramolecular Hbond substituents is 2. The van der Waals surface area contributed by atoms with E-state index in [4.69, 9.17) is 23.7 Å². The first-order valence-electron chi connectivity index (χ1n) is 21.2. The van der Waals surface area contributed by atoms with Crippen LogP contribution in [0, 0.1) is 42.4 Å². The fraction of sp³-hybridized carbons (Fsp3) is 0.574. The number of nitrogens with zero attached hydrogens (tertiary/aromatic N) is 1. The third-order valence-corrected chi connectivity index (χ3v) is 11.7. The Balaban J connectivity index is 1.94. The van der Waals surface area contributed by atoms with Gasteiger partial charge in [-0.05, 0) is 31.8 Å². The zero-order valence-electron chi connectivity index (χ0n) is 38.3. The lowest BCUT2D eigenvalue weighted by Gasteiger charge is -2.38. The monoisotopic (exact) mass is 866 g/mol. The van der Waals surface area contributed by atoms with Crippen LogP contribution in [0.1, 0.15) is 92.1 Å². The predicted molar refractivity (Wildman–Crippen MR) is 234 cm³/mol. The molecule has 15 nitrogen and oxygen atoms in total. The fourth-order valence-corrected chi connectivity index (χ4v) is 8.14. The number of amides is 2. The number of carbonyl (C=O) groups excluding carboxylic acids is 4. The SMILES string of the molecule is CO[C@H]1C=CO[C@@]2(C)Oc3c(C)c(O)c4c(O)c(cc(OCC(=O)N(CC(C)C)CC(C)C)c4c3C2=O)NC(=O)/C(C)=C\C=C/[C@H](C)[C@H](O)[C@@H](C)[C@@H](O)[C@@H](C)[C@H](OC(C)=O)[C@@H]1C. The smallest absolute Gasteiger partial charge is 0.312 e. The van der Waals surface area contributed by atoms with Gasteiger partial charge in [-0.15, -0.1) is 0 Å². The molecule has 3 heterocycles. The molecule has 5 bridgehead atoms. The van der Waals surface area contributed by atoms with Crippen LogP contribution in [0.2, 0.25) is 0 Å². The Kier molecular flexibility index (Phi) is 16.3. The summed E-state index contributed by atoms with van der Waals surface area (Å²) in [5.74, 6) is -7.67. The number of aliphatic hydroxyl groups is 2. The highest BCUT2D eigenvalue weighted by Crippen LogP contribution is 2.54. The van der Waals surface area contributed by atoms with Gasteiger partial charge < -0.3 is 54.3 Å². The van der Waals surface area contributed by atoms with Crippen LogP contribution in [-0.2, 0) is 28.6 Å². The lowest BCUT2D eigenvalue weighted by atomic mass is 9.78. The van der Waals surface area contributed by atoms with Crippen molar-refractivity contribution in [1.29, 1.82) is 0 Å². The van der Waals surface area contributed by atoms with Gasteiger partial charge in [0, 0.05) is 80.3 Å². The molecule has 2 aromatic rings. The molecule has 0 saturated heterocycles. The molecule has 0 aromatic heterocycles. The summed E-state index contributed by atoms with van der Waals surface area (Å²) in [6.45, 7) is 21.0. The van der Waals surface area contributed by atoms with Gasteiger partial charge in [0.2, 0.25) is 0 Å². The molecule has 3 aliphatic rings. The maximum Gasteiger partial charge on any atom is 0.312 e. The number of fused-ring (bicyclic) bond motifs is 14. The summed E-state index contributed by atoms with van der Waals surface area (Å²) in [7, 11) is 1.44. The van der Waals surface area contributed by atoms with Crippen molar-refractivity contribution in [3.05, 3.63) is 53.3 Å². The molecule has 0 unspecified atom stereocenters. The minimum absolute atomic E-state index is 0.0551. The van der Waals surface area contributed by atoms with E-state index in [1.54, 1.807) is 44.7 Å². The van der Waals surface area contributed by atoms with E-state index in [2.05, 4.69) is 5.32 Å². The van der Waals surface area contributed by atoms with Gasteiger partial charge in [0.1, 0.15) is 23.4 Å². The van der Waals surface area contributed by atoms with Crippen molar-refractivity contribution in [2.24, 2.45) is 35.5 Å². The van der Waals surface area contributed by atoms with Crippen molar-refractivity contribution in [3.8, 4) is 23.0 Å². The summed E-state index contributed by atoms with van der Waals surface area (Å²) in [6.07, 6.45) is 3.62. The second-order valence-electron chi connectivity index (χ2n) is 17.8. The van der Waals surface area contributed by atoms with Gasteiger partial charge in [0.15, 0.2) is 12.4 Å². The summed E-state index contributed by atoms with van der Waals surface area (Å²) in [4.78, 5) is 56.0. The Bertz CT molecular complexity index is 2080. The summed E-state index contributed by atoms with van der Waals surface area (Å²) in [5, 5.41) is 48.7. The van der Waals surface area contributed by atoms with E-state index in [0.717, 1.165) is 0 Å². The number of benzene rings is 2. The molecule has 0 aliphatic carbocycles. The normalized spacial score (nSPS) is 28.6. The number of hydrogen-bond donors (Lipinski definition) is 5. The standard InChI is InChI=1S/C47H66N2O13/c1-23(2)20-49(21-24(3)4)35(51)22-59-34-19-32-42(55)37-36(34)38-44(30(10)41(37)54)62-47(12,45(38)56)60-18-17-33(58-13)27(7)43(61-31(11)50)29(9)40(53)28(8)39(52)25(5)15-14-16-26(6)46(57)48-32/h14-19,23-25,27-29,33,39-40,43,52-55H,20-22H2,1-13H3,(H,48,57)/b15-14-,18-17?,26-16-/t25-,27+,28+,29+,33-,39-,40+,43+,47-/m0/s1. The third kappa shape index (κ3) is 10.7. The van der Waals surface area contributed by atoms with Crippen molar-refractivity contribution < 1.29 is 63.3 Å². The van der Waals surface area contributed by atoms with Crippen LogP contribution in [0.4, 0.5) is 5.69 Å². The Morgan fingerprint density at radius 1 is 0.919 bits per heavy atom. The molecule has 0 spiro atoms. The summed E-state index contributed by atoms with van der Waals surface area (Å²) in [6, 6.07) is 1.29. The maximum absolute atomic E-state index is 14.6. The third-order valence-electron chi connectivity index (χ3n) is 11.7. The number of ketones is 1. The zero-order valence-corrected chi connectivity index (χ0v) is 38.3. The molecule has 5 N–H and O–H groups in total. The van der Waals surface area contributed by atoms with E-state index in [-0.39, 0.29) is 62.4 Å². The number of esters is 1. The average Bonchev–Trinajstić information content (AvgIpc) is 3.47. The fourth-order valence-electron chi connectivity index (χ4n) is 8.14. The lowest BCUT2D eigenvalue weighted by molar-refractivity contribution is -0.160. The summed E-state index contributed by atoms with van der Waals surface area (Å²) < 4.78 is 30.0. The topological polar surface area (TPSA) is 211 Å². The van der Waals surface area contributed by atoms with Crippen LogP contribution in [0.15, 0.2) is 42.2 Å². The number of anilines is 1. The van der Waals surface area contributed by atoms with Crippen molar-refractivity contribution >= 4 is 40.0 Å². The number of aromatic hydroxyl groups is 2. The van der Waals surface area contributed by atoms with Gasteiger partial charge in [-0.25, -0.2) is 0 Å². The second-order valence-corrected chi connectivity index (χ2v) is 17.8. The number of nitrogens with one attached hydrogen (secondary N) is 1. The highest BCUT2D eigenvalue weighted by atomic mass is 16.7. The molecular formula is C47H66N2O13. The van der Waals surface area contributed by atoms with Crippen LogP contribution < -0.4 is 14.8 Å². The molecule has 5 rings (SSSR count). The molecule has 9 atom stereocenters. The van der Waals surface area contributed by atoms with E-state index in [0.29, 0.717) is 13.1 Å². The van der Waals surface area contributed by atoms with Crippen molar-refractivity contribution in [2.75, 3.05) is 32.1 Å². The maximum atomic E-state index is 14.6. The molecular weight excluding hydrogens is 801 g/mol. The molecule has 2 aromatic carbocycles. The van der Waals surface area contributed by atoms with Crippen LogP contribution in [-0.4, -0.2) is 106 Å². The van der Waals surface area contributed by atoms with Crippen molar-refractivity contribution in [1.82, 2.24) is 4.90 Å².